The molecule has 10 heteroatoms. The van der Waals surface area contributed by atoms with Crippen molar-refractivity contribution in [1.82, 2.24) is 9.88 Å². The van der Waals surface area contributed by atoms with Gasteiger partial charge < -0.3 is 9.64 Å². The standard InChI is InChI=1S/C17H15Cl2N3O4S/c18-13-3-2-12(9-14(13)19)27(24,25)22-6-7-26-16-15(22)8-11(10-20-16)17(23)21-4-1-5-21/h2-3,8-10H,1,4-7H2. The first-order chi connectivity index (χ1) is 12.9. The molecule has 0 bridgehead atoms. The molecule has 0 atom stereocenters. The number of ether oxygens (including phenoxy) is 1. The Labute approximate surface area is 166 Å². The van der Waals surface area contributed by atoms with Crippen molar-refractivity contribution < 1.29 is 17.9 Å². The molecular formula is C17H15Cl2N3O4S. The van der Waals surface area contributed by atoms with Crippen molar-refractivity contribution in [3.63, 3.8) is 0 Å². The molecule has 0 aliphatic carbocycles. The predicted octanol–water partition coefficient (Wildman–Crippen LogP) is 2.82. The van der Waals surface area contributed by atoms with Gasteiger partial charge >= 0.3 is 0 Å². The molecule has 0 radical (unpaired) electrons. The molecule has 0 saturated carbocycles. The molecule has 142 valence electrons. The molecular weight excluding hydrogens is 413 g/mol. The van der Waals surface area contributed by atoms with Gasteiger partial charge in [0.05, 0.1) is 27.0 Å². The van der Waals surface area contributed by atoms with Crippen molar-refractivity contribution in [3.05, 3.63) is 46.1 Å². The van der Waals surface area contributed by atoms with Crippen molar-refractivity contribution in [1.29, 1.82) is 0 Å². The van der Waals surface area contributed by atoms with Crippen LogP contribution in [0.3, 0.4) is 0 Å². The fourth-order valence-electron chi connectivity index (χ4n) is 2.91. The Morgan fingerprint density at radius 2 is 1.89 bits per heavy atom. The van der Waals surface area contributed by atoms with Gasteiger partial charge in [-0.1, -0.05) is 23.2 Å². The van der Waals surface area contributed by atoms with Crippen LogP contribution in [-0.2, 0) is 10.0 Å². The van der Waals surface area contributed by atoms with E-state index in [1.54, 1.807) is 4.90 Å². The number of hydrogen-bond acceptors (Lipinski definition) is 5. The Morgan fingerprint density at radius 3 is 2.56 bits per heavy atom. The number of rotatable bonds is 3. The highest BCUT2D eigenvalue weighted by Crippen LogP contribution is 2.36. The summed E-state index contributed by atoms with van der Waals surface area (Å²) < 4.78 is 32.9. The number of carbonyl (C=O) groups excluding carboxylic acids is 1. The van der Waals surface area contributed by atoms with Gasteiger partial charge in [-0.3, -0.25) is 9.10 Å². The number of anilines is 1. The molecule has 0 spiro atoms. The Hall–Kier alpha value is -2.03. The molecule has 4 rings (SSSR count). The van der Waals surface area contributed by atoms with Gasteiger partial charge in [0.25, 0.3) is 15.9 Å². The average molecular weight is 428 g/mol. The molecule has 0 N–H and O–H groups in total. The number of nitrogens with zero attached hydrogens (tertiary/aromatic N) is 3. The lowest BCUT2D eigenvalue weighted by atomic mass is 10.1. The summed E-state index contributed by atoms with van der Waals surface area (Å²) in [5, 5.41) is 0.410. The molecule has 3 heterocycles. The number of likely N-dealkylation sites (tertiary alicyclic amines) is 1. The number of pyridine rings is 1. The Balaban J connectivity index is 1.75. The zero-order chi connectivity index (χ0) is 19.2. The first-order valence-electron chi connectivity index (χ1n) is 8.28. The second-order valence-corrected chi connectivity index (χ2v) is 8.87. The number of amides is 1. The van der Waals surface area contributed by atoms with Gasteiger partial charge in [0.2, 0.25) is 5.88 Å². The van der Waals surface area contributed by atoms with Crippen molar-refractivity contribution in [2.24, 2.45) is 0 Å². The van der Waals surface area contributed by atoms with Gasteiger partial charge in [-0.2, -0.15) is 0 Å². The zero-order valence-corrected chi connectivity index (χ0v) is 16.4. The molecule has 7 nitrogen and oxygen atoms in total. The van der Waals surface area contributed by atoms with Crippen LogP contribution >= 0.6 is 23.2 Å². The molecule has 1 saturated heterocycles. The molecule has 0 unspecified atom stereocenters. The first kappa shape index (κ1) is 18.3. The summed E-state index contributed by atoms with van der Waals surface area (Å²) in [7, 11) is -3.92. The minimum absolute atomic E-state index is 0.00391. The lowest BCUT2D eigenvalue weighted by molar-refractivity contribution is 0.0651. The van der Waals surface area contributed by atoms with Gasteiger partial charge in [-0.25, -0.2) is 13.4 Å². The highest BCUT2D eigenvalue weighted by Gasteiger charge is 2.33. The number of halogens is 2. The van der Waals surface area contributed by atoms with E-state index in [0.717, 1.165) is 6.42 Å². The largest absolute Gasteiger partial charge is 0.474 e. The monoisotopic (exact) mass is 427 g/mol. The van der Waals surface area contributed by atoms with Crippen LogP contribution in [-0.4, -0.2) is 50.5 Å². The Bertz CT molecular complexity index is 1020. The van der Waals surface area contributed by atoms with E-state index in [1.807, 2.05) is 0 Å². The van der Waals surface area contributed by atoms with Gasteiger partial charge in [-0.05, 0) is 30.7 Å². The van der Waals surface area contributed by atoms with E-state index in [2.05, 4.69) is 4.98 Å². The quantitative estimate of drug-likeness (QED) is 0.751. The number of benzene rings is 1. The maximum atomic E-state index is 13.1. The van der Waals surface area contributed by atoms with E-state index >= 15 is 0 Å². The Morgan fingerprint density at radius 1 is 1.11 bits per heavy atom. The van der Waals surface area contributed by atoms with Gasteiger partial charge in [-0.15, -0.1) is 0 Å². The van der Waals surface area contributed by atoms with Gasteiger partial charge in [0.1, 0.15) is 12.3 Å². The number of fused-ring (bicyclic) bond motifs is 1. The van der Waals surface area contributed by atoms with Crippen molar-refractivity contribution >= 4 is 44.8 Å². The molecule has 1 aromatic carbocycles. The van der Waals surface area contributed by atoms with Crippen molar-refractivity contribution in [2.45, 2.75) is 11.3 Å². The third kappa shape index (κ3) is 3.22. The van der Waals surface area contributed by atoms with Crippen molar-refractivity contribution in [3.8, 4) is 5.88 Å². The second-order valence-electron chi connectivity index (χ2n) is 6.20. The Kier molecular flexibility index (Phi) is 4.65. The summed E-state index contributed by atoms with van der Waals surface area (Å²) >= 11 is 11.9. The zero-order valence-electron chi connectivity index (χ0n) is 14.1. The highest BCUT2D eigenvalue weighted by molar-refractivity contribution is 7.92. The molecule has 2 aromatic rings. The number of hydrogen-bond donors (Lipinski definition) is 0. The molecule has 27 heavy (non-hydrogen) atoms. The van der Waals surface area contributed by atoms with E-state index in [-0.39, 0.29) is 45.6 Å². The summed E-state index contributed by atoms with van der Waals surface area (Å²) in [5.74, 6) is -0.000876. The smallest absolute Gasteiger partial charge is 0.264 e. The van der Waals surface area contributed by atoms with Gasteiger partial charge in [0, 0.05) is 19.3 Å². The number of carbonyl (C=O) groups is 1. The fraction of sp³-hybridized carbons (Fsp3) is 0.294. The third-order valence-corrected chi connectivity index (χ3v) is 7.05. The first-order valence-corrected chi connectivity index (χ1v) is 10.5. The molecule has 1 fully saturated rings. The van der Waals surface area contributed by atoms with Crippen LogP contribution in [0.1, 0.15) is 16.8 Å². The van der Waals surface area contributed by atoms with Crippen LogP contribution in [0.2, 0.25) is 10.0 Å². The molecule has 2 aliphatic rings. The van der Waals surface area contributed by atoms with E-state index in [0.29, 0.717) is 18.7 Å². The summed E-state index contributed by atoms with van der Waals surface area (Å²) in [6, 6.07) is 5.63. The SMILES string of the molecule is O=C(c1cnc2c(c1)N(S(=O)(=O)c1ccc(Cl)c(Cl)c1)CCO2)N1CCC1. The van der Waals surface area contributed by atoms with Crippen LogP contribution in [0.25, 0.3) is 0 Å². The molecule has 1 amide bonds. The van der Waals surface area contributed by atoms with Gasteiger partial charge in [0.15, 0.2) is 0 Å². The maximum absolute atomic E-state index is 13.1. The van der Waals surface area contributed by atoms with Crippen molar-refractivity contribution in [2.75, 3.05) is 30.5 Å². The maximum Gasteiger partial charge on any atom is 0.264 e. The summed E-state index contributed by atoms with van der Waals surface area (Å²) in [6.45, 7) is 1.63. The number of sulfonamides is 1. The topological polar surface area (TPSA) is 79.8 Å². The third-order valence-electron chi connectivity index (χ3n) is 4.50. The summed E-state index contributed by atoms with van der Waals surface area (Å²) in [5.41, 5.74) is 0.562. The average Bonchev–Trinajstić information content (AvgIpc) is 2.61. The van der Waals surface area contributed by atoms with Crippen LogP contribution < -0.4 is 9.04 Å². The fourth-order valence-corrected chi connectivity index (χ4v) is 4.74. The second kappa shape index (κ2) is 6.85. The van der Waals surface area contributed by atoms with Crippen LogP contribution in [0.4, 0.5) is 5.69 Å². The lowest BCUT2D eigenvalue weighted by Crippen LogP contribution is -2.42. The van der Waals surface area contributed by atoms with E-state index in [9.17, 15) is 13.2 Å². The van der Waals surface area contributed by atoms with E-state index < -0.39 is 10.0 Å². The van der Waals surface area contributed by atoms with Crippen LogP contribution in [0.15, 0.2) is 35.4 Å². The summed E-state index contributed by atoms with van der Waals surface area (Å²) in [6.07, 6.45) is 2.37. The minimum atomic E-state index is -3.92. The molecule has 1 aromatic heterocycles. The normalized spacial score (nSPS) is 16.4. The van der Waals surface area contributed by atoms with E-state index in [1.165, 1.54) is 34.8 Å². The lowest BCUT2D eigenvalue weighted by Gasteiger charge is -2.32. The van der Waals surface area contributed by atoms with Crippen LogP contribution in [0, 0.1) is 0 Å². The minimum Gasteiger partial charge on any atom is -0.474 e. The highest BCUT2D eigenvalue weighted by atomic mass is 35.5. The number of aromatic nitrogens is 1. The molecule has 2 aliphatic heterocycles. The predicted molar refractivity (Wildman–Crippen MR) is 101 cm³/mol. The van der Waals surface area contributed by atoms with Crippen LogP contribution in [0.5, 0.6) is 5.88 Å². The van der Waals surface area contributed by atoms with E-state index in [4.69, 9.17) is 27.9 Å². The summed E-state index contributed by atoms with van der Waals surface area (Å²) in [4.78, 5) is 18.3.